The Morgan fingerprint density at radius 1 is 1.53 bits per heavy atom. The normalized spacial score (nSPS) is 11.6. The van der Waals surface area contributed by atoms with E-state index < -0.39 is 5.97 Å². The first-order valence-electron chi connectivity index (χ1n) is 4.98. The van der Waals surface area contributed by atoms with Gasteiger partial charge < -0.3 is 5.11 Å². The lowest BCUT2D eigenvalue weighted by molar-refractivity contribution is -0.132. The van der Waals surface area contributed by atoms with E-state index in [1.165, 1.54) is 17.6 Å². The van der Waals surface area contributed by atoms with Gasteiger partial charge in [0.25, 0.3) is 0 Å². The number of nitrogens with zero attached hydrogens (tertiary/aromatic N) is 2. The van der Waals surface area contributed by atoms with Crippen molar-refractivity contribution in [2.45, 2.75) is 27.3 Å². The van der Waals surface area contributed by atoms with Crippen molar-refractivity contribution >= 4 is 21.9 Å². The van der Waals surface area contributed by atoms with Crippen molar-refractivity contribution in [3.63, 3.8) is 0 Å². The van der Waals surface area contributed by atoms with Crippen LogP contribution < -0.4 is 5.69 Å². The number of carbonyl (C=O) groups is 1. The van der Waals surface area contributed by atoms with Crippen molar-refractivity contribution in [2.24, 2.45) is 0 Å². The predicted molar refractivity (Wildman–Crippen MR) is 67.1 cm³/mol. The largest absolute Gasteiger partial charge is 0.478 e. The SMILES string of the molecule is CC(=CCn1c(C)c(Br)c(C)nc1=O)C(=O)O. The Hall–Kier alpha value is -1.43. The summed E-state index contributed by atoms with van der Waals surface area (Å²) >= 11 is 3.34. The molecule has 1 aromatic heterocycles. The van der Waals surface area contributed by atoms with Crippen LogP contribution in [0.1, 0.15) is 18.3 Å². The molecule has 0 spiro atoms. The van der Waals surface area contributed by atoms with E-state index in [0.29, 0.717) is 5.69 Å². The number of carboxylic acids is 1. The van der Waals surface area contributed by atoms with E-state index in [2.05, 4.69) is 20.9 Å². The quantitative estimate of drug-likeness (QED) is 0.862. The van der Waals surface area contributed by atoms with Crippen LogP contribution in [0, 0.1) is 13.8 Å². The lowest BCUT2D eigenvalue weighted by atomic mass is 10.3. The number of aromatic nitrogens is 2. The monoisotopic (exact) mass is 300 g/mol. The summed E-state index contributed by atoms with van der Waals surface area (Å²) in [5, 5.41) is 8.72. The van der Waals surface area contributed by atoms with Gasteiger partial charge in [-0.2, -0.15) is 4.98 Å². The molecule has 0 bridgehead atoms. The van der Waals surface area contributed by atoms with E-state index in [1.807, 2.05) is 0 Å². The minimum absolute atomic E-state index is 0.202. The van der Waals surface area contributed by atoms with E-state index >= 15 is 0 Å². The summed E-state index contributed by atoms with van der Waals surface area (Å²) in [6.07, 6.45) is 1.49. The maximum absolute atomic E-state index is 11.6. The average molecular weight is 301 g/mol. The molecular formula is C11H13BrN2O3. The molecule has 0 amide bonds. The first-order chi connectivity index (χ1) is 7.84. The number of halogens is 1. The van der Waals surface area contributed by atoms with E-state index in [-0.39, 0.29) is 17.8 Å². The van der Waals surface area contributed by atoms with Crippen LogP contribution in [0.3, 0.4) is 0 Å². The lowest BCUT2D eigenvalue weighted by Gasteiger charge is -2.10. The van der Waals surface area contributed by atoms with Crippen molar-refractivity contribution in [2.75, 3.05) is 0 Å². The zero-order chi connectivity index (χ0) is 13.2. The fourth-order valence-electron chi connectivity index (χ4n) is 1.31. The highest BCUT2D eigenvalue weighted by Crippen LogP contribution is 2.16. The molecule has 0 saturated carbocycles. The second kappa shape index (κ2) is 5.27. The van der Waals surface area contributed by atoms with Crippen LogP contribution in [-0.4, -0.2) is 20.6 Å². The maximum atomic E-state index is 11.6. The summed E-state index contributed by atoms with van der Waals surface area (Å²) in [5.74, 6) is -0.991. The smallest absolute Gasteiger partial charge is 0.348 e. The summed E-state index contributed by atoms with van der Waals surface area (Å²) in [4.78, 5) is 26.1. The van der Waals surface area contributed by atoms with Gasteiger partial charge in [0, 0.05) is 17.8 Å². The summed E-state index contributed by atoms with van der Waals surface area (Å²) in [7, 11) is 0. The number of rotatable bonds is 3. The second-order valence-electron chi connectivity index (χ2n) is 3.68. The molecule has 1 rings (SSSR count). The van der Waals surface area contributed by atoms with Crippen LogP contribution in [0.15, 0.2) is 20.9 Å². The molecule has 92 valence electrons. The number of aliphatic carboxylic acids is 1. The molecule has 0 fully saturated rings. The van der Waals surface area contributed by atoms with Crippen LogP contribution in [0.4, 0.5) is 0 Å². The first-order valence-corrected chi connectivity index (χ1v) is 5.77. The van der Waals surface area contributed by atoms with E-state index in [1.54, 1.807) is 13.8 Å². The fraction of sp³-hybridized carbons (Fsp3) is 0.364. The summed E-state index contributed by atoms with van der Waals surface area (Å²) in [5.41, 5.74) is 1.19. The van der Waals surface area contributed by atoms with Gasteiger partial charge >= 0.3 is 11.7 Å². The summed E-state index contributed by atoms with van der Waals surface area (Å²) < 4.78 is 2.18. The Morgan fingerprint density at radius 3 is 2.65 bits per heavy atom. The average Bonchev–Trinajstić information content (AvgIpc) is 2.25. The van der Waals surface area contributed by atoms with Gasteiger partial charge in [-0.1, -0.05) is 6.08 Å². The van der Waals surface area contributed by atoms with Gasteiger partial charge in [-0.05, 0) is 36.7 Å². The van der Waals surface area contributed by atoms with Gasteiger partial charge in [-0.25, -0.2) is 9.59 Å². The molecule has 0 aromatic carbocycles. The standard InChI is InChI=1S/C11H13BrN2O3/c1-6(10(15)16)4-5-14-8(3)9(12)7(2)13-11(14)17/h4H,5H2,1-3H3,(H,15,16). The van der Waals surface area contributed by atoms with Crippen LogP contribution in [0.2, 0.25) is 0 Å². The third kappa shape index (κ3) is 3.03. The highest BCUT2D eigenvalue weighted by Gasteiger charge is 2.08. The molecule has 0 atom stereocenters. The van der Waals surface area contributed by atoms with Crippen molar-refractivity contribution < 1.29 is 9.90 Å². The van der Waals surface area contributed by atoms with Gasteiger partial charge in [-0.15, -0.1) is 0 Å². The Bertz CT molecular complexity index is 546. The van der Waals surface area contributed by atoms with E-state index in [0.717, 1.165) is 10.2 Å². The molecule has 6 heteroatoms. The van der Waals surface area contributed by atoms with E-state index in [4.69, 9.17) is 5.11 Å². The van der Waals surface area contributed by atoms with E-state index in [9.17, 15) is 9.59 Å². The molecule has 1 heterocycles. The second-order valence-corrected chi connectivity index (χ2v) is 4.48. The number of hydrogen-bond donors (Lipinski definition) is 1. The van der Waals surface area contributed by atoms with Gasteiger partial charge in [0.1, 0.15) is 0 Å². The predicted octanol–water partition coefficient (Wildman–Crippen LogP) is 1.65. The molecule has 0 unspecified atom stereocenters. The Balaban J connectivity index is 3.17. The summed E-state index contributed by atoms with van der Waals surface area (Å²) in [6, 6.07) is 0. The van der Waals surface area contributed by atoms with Gasteiger partial charge in [0.05, 0.1) is 10.2 Å². The molecule has 0 radical (unpaired) electrons. The molecule has 5 nitrogen and oxygen atoms in total. The van der Waals surface area contributed by atoms with Crippen LogP contribution in [-0.2, 0) is 11.3 Å². The van der Waals surface area contributed by atoms with Gasteiger partial charge in [0.15, 0.2) is 0 Å². The third-order valence-corrected chi connectivity index (χ3v) is 3.60. The Morgan fingerprint density at radius 2 is 2.12 bits per heavy atom. The first kappa shape index (κ1) is 13.6. The number of allylic oxidation sites excluding steroid dienone is 1. The minimum Gasteiger partial charge on any atom is -0.478 e. The molecule has 17 heavy (non-hydrogen) atoms. The van der Waals surface area contributed by atoms with Crippen LogP contribution in [0.25, 0.3) is 0 Å². The number of aryl methyl sites for hydroxylation is 1. The zero-order valence-electron chi connectivity index (χ0n) is 9.82. The van der Waals surface area contributed by atoms with Gasteiger partial charge in [0.2, 0.25) is 0 Å². The highest BCUT2D eigenvalue weighted by atomic mass is 79.9. The maximum Gasteiger partial charge on any atom is 0.348 e. The van der Waals surface area contributed by atoms with Gasteiger partial charge in [-0.3, -0.25) is 4.57 Å². The molecule has 0 saturated heterocycles. The van der Waals surface area contributed by atoms with Crippen LogP contribution in [0.5, 0.6) is 0 Å². The van der Waals surface area contributed by atoms with Crippen LogP contribution >= 0.6 is 15.9 Å². The topological polar surface area (TPSA) is 72.2 Å². The number of hydrogen-bond acceptors (Lipinski definition) is 3. The van der Waals surface area contributed by atoms with Crippen molar-refractivity contribution in [3.8, 4) is 0 Å². The zero-order valence-corrected chi connectivity index (χ0v) is 11.4. The van der Waals surface area contributed by atoms with Crippen molar-refractivity contribution in [1.29, 1.82) is 0 Å². The lowest BCUT2D eigenvalue weighted by Crippen LogP contribution is -2.26. The minimum atomic E-state index is -0.991. The molecule has 0 aliphatic carbocycles. The Kier molecular flexibility index (Phi) is 4.22. The fourth-order valence-corrected chi connectivity index (χ4v) is 1.61. The Labute approximate surface area is 107 Å². The third-order valence-electron chi connectivity index (χ3n) is 2.45. The summed E-state index contributed by atoms with van der Waals surface area (Å²) in [6.45, 7) is 5.21. The van der Waals surface area contributed by atoms with Crippen molar-refractivity contribution in [1.82, 2.24) is 9.55 Å². The molecular weight excluding hydrogens is 288 g/mol. The van der Waals surface area contributed by atoms with Crippen molar-refractivity contribution in [3.05, 3.63) is 38.0 Å². The number of carboxylic acid groups (broad SMARTS) is 1. The molecule has 1 aromatic rings. The molecule has 0 aliphatic heterocycles. The highest BCUT2D eigenvalue weighted by molar-refractivity contribution is 9.10. The molecule has 0 aliphatic rings. The molecule has 1 N–H and O–H groups in total.